The number of hydrogen-bond acceptors (Lipinski definition) is 5. The third kappa shape index (κ3) is 25.9. The van der Waals surface area contributed by atoms with Gasteiger partial charge >= 0.3 is 0 Å². The van der Waals surface area contributed by atoms with Crippen LogP contribution in [0.1, 0.15) is 0 Å². The topological polar surface area (TPSA) is 98.7 Å². The lowest BCUT2D eigenvalue weighted by molar-refractivity contribution is 0.266. The Morgan fingerprint density at radius 3 is 1.45 bits per heavy atom. The fourth-order valence-corrected chi connectivity index (χ4v) is 0.283. The van der Waals surface area contributed by atoms with Crippen LogP contribution in [0.15, 0.2) is 0 Å². The zero-order valence-corrected chi connectivity index (χ0v) is 6.66. The summed E-state index contributed by atoms with van der Waals surface area (Å²) in [5.41, 5.74) is 4.78. The van der Waals surface area contributed by atoms with Crippen molar-refractivity contribution in [3.8, 4) is 0 Å². The van der Waals surface area contributed by atoms with Crippen LogP contribution in [-0.4, -0.2) is 54.8 Å². The van der Waals surface area contributed by atoms with Gasteiger partial charge in [-0.05, 0) is 0 Å². The highest BCUT2D eigenvalue weighted by Crippen LogP contribution is 1.54. The van der Waals surface area contributed by atoms with Gasteiger partial charge in [-0.2, -0.15) is 0 Å². The van der Waals surface area contributed by atoms with Gasteiger partial charge in [0, 0.05) is 19.6 Å². The van der Waals surface area contributed by atoms with E-state index in [0.717, 1.165) is 0 Å². The van der Waals surface area contributed by atoms with Gasteiger partial charge in [-0.15, -0.1) is 0 Å². The second kappa shape index (κ2) is 16.4. The van der Waals surface area contributed by atoms with Gasteiger partial charge < -0.3 is 26.4 Å². The lowest BCUT2D eigenvalue weighted by Gasteiger charge is -1.94. The van der Waals surface area contributed by atoms with Crippen LogP contribution in [0.4, 0.5) is 0 Å². The maximum Gasteiger partial charge on any atom is 0.0555 e. The second-order valence-corrected chi connectivity index (χ2v) is 1.71. The SMILES string of the molecule is NCCO.OCCNCCO. The molecule has 6 N–H and O–H groups in total. The van der Waals surface area contributed by atoms with Gasteiger partial charge in [0.25, 0.3) is 0 Å². The Morgan fingerprint density at radius 1 is 0.909 bits per heavy atom. The summed E-state index contributed by atoms with van der Waals surface area (Å²) in [5.74, 6) is 0. The van der Waals surface area contributed by atoms with E-state index in [1.54, 1.807) is 0 Å². The molecule has 5 nitrogen and oxygen atoms in total. The van der Waals surface area contributed by atoms with Crippen LogP contribution in [0.3, 0.4) is 0 Å². The van der Waals surface area contributed by atoms with Gasteiger partial charge in [-0.25, -0.2) is 0 Å². The molecule has 0 aliphatic heterocycles. The Balaban J connectivity index is 0. The minimum atomic E-state index is 0.0972. The van der Waals surface area contributed by atoms with E-state index in [2.05, 4.69) is 5.32 Å². The molecular weight excluding hydrogens is 148 g/mol. The monoisotopic (exact) mass is 166 g/mol. The molecule has 5 heteroatoms. The van der Waals surface area contributed by atoms with Crippen LogP contribution < -0.4 is 11.1 Å². The van der Waals surface area contributed by atoms with Gasteiger partial charge in [0.15, 0.2) is 0 Å². The molecule has 0 rings (SSSR count). The molecule has 0 radical (unpaired) electrons. The molecule has 0 aromatic carbocycles. The quantitative estimate of drug-likeness (QED) is 0.291. The molecule has 0 aliphatic rings. The summed E-state index contributed by atoms with van der Waals surface area (Å²) < 4.78 is 0. The van der Waals surface area contributed by atoms with Crippen LogP contribution in [0.5, 0.6) is 0 Å². The zero-order chi connectivity index (χ0) is 8.95. The molecule has 0 bridgehead atoms. The third-order valence-corrected chi connectivity index (χ3v) is 0.706. The Bertz CT molecular complexity index is 49.1. The molecule has 0 spiro atoms. The maximum atomic E-state index is 8.15. The minimum absolute atomic E-state index is 0.0972. The smallest absolute Gasteiger partial charge is 0.0555 e. The molecule has 11 heavy (non-hydrogen) atoms. The van der Waals surface area contributed by atoms with E-state index < -0.39 is 0 Å². The summed E-state index contributed by atoms with van der Waals surface area (Å²) in [4.78, 5) is 0. The molecular formula is C6H18N2O3. The van der Waals surface area contributed by atoms with Crippen LogP contribution >= 0.6 is 0 Å². The van der Waals surface area contributed by atoms with Gasteiger partial charge in [-0.1, -0.05) is 0 Å². The summed E-state index contributed by atoms with van der Waals surface area (Å²) in [5, 5.41) is 26.8. The first kappa shape index (κ1) is 13.4. The van der Waals surface area contributed by atoms with Crippen molar-refractivity contribution in [3.05, 3.63) is 0 Å². The molecule has 0 unspecified atom stereocenters. The van der Waals surface area contributed by atoms with Crippen molar-refractivity contribution in [1.29, 1.82) is 0 Å². The van der Waals surface area contributed by atoms with Crippen LogP contribution in [0.2, 0.25) is 0 Å². The van der Waals surface area contributed by atoms with E-state index in [0.29, 0.717) is 19.6 Å². The number of aliphatic hydroxyl groups excluding tert-OH is 3. The molecule has 0 fully saturated rings. The highest BCUT2D eigenvalue weighted by Gasteiger charge is 1.78. The van der Waals surface area contributed by atoms with Crippen LogP contribution in [0, 0.1) is 0 Å². The van der Waals surface area contributed by atoms with Gasteiger partial charge in [0.05, 0.1) is 19.8 Å². The Kier molecular flexibility index (Phi) is 20.0. The first-order valence-corrected chi connectivity index (χ1v) is 3.56. The van der Waals surface area contributed by atoms with Crippen molar-refractivity contribution in [1.82, 2.24) is 5.32 Å². The summed E-state index contributed by atoms with van der Waals surface area (Å²) in [6.07, 6.45) is 0. The molecule has 0 saturated carbocycles. The third-order valence-electron chi connectivity index (χ3n) is 0.706. The van der Waals surface area contributed by atoms with Gasteiger partial charge in [0.2, 0.25) is 0 Å². The molecule has 0 amide bonds. The predicted octanol–water partition coefficient (Wildman–Crippen LogP) is -2.50. The van der Waals surface area contributed by atoms with E-state index in [1.165, 1.54) is 0 Å². The predicted molar refractivity (Wildman–Crippen MR) is 43.2 cm³/mol. The highest BCUT2D eigenvalue weighted by molar-refractivity contribution is 4.39. The summed E-state index contributed by atoms with van der Waals surface area (Å²) in [7, 11) is 0. The van der Waals surface area contributed by atoms with E-state index in [9.17, 15) is 0 Å². The van der Waals surface area contributed by atoms with Crippen molar-refractivity contribution >= 4 is 0 Å². The van der Waals surface area contributed by atoms with Crippen LogP contribution in [-0.2, 0) is 0 Å². The van der Waals surface area contributed by atoms with E-state index in [-0.39, 0.29) is 19.8 Å². The van der Waals surface area contributed by atoms with Gasteiger partial charge in [0.1, 0.15) is 0 Å². The first-order valence-electron chi connectivity index (χ1n) is 3.56. The summed E-state index contributed by atoms with van der Waals surface area (Å²) in [6, 6.07) is 0. The Labute approximate surface area is 66.8 Å². The minimum Gasteiger partial charge on any atom is -0.395 e. The fraction of sp³-hybridized carbons (Fsp3) is 1.00. The first-order chi connectivity index (χ1) is 5.33. The number of hydrogen-bond donors (Lipinski definition) is 5. The van der Waals surface area contributed by atoms with Crippen molar-refractivity contribution in [3.63, 3.8) is 0 Å². The molecule has 0 aromatic rings. The summed E-state index contributed by atoms with van der Waals surface area (Å²) in [6.45, 7) is 1.89. The molecule has 0 heterocycles. The highest BCUT2D eigenvalue weighted by atomic mass is 16.3. The largest absolute Gasteiger partial charge is 0.395 e. The van der Waals surface area contributed by atoms with E-state index in [4.69, 9.17) is 21.1 Å². The molecule has 0 aromatic heterocycles. The standard InChI is InChI=1S/C4H11NO2.C2H7NO/c6-3-1-5-2-4-7;3-1-2-4/h5-7H,1-4H2;4H,1-3H2. The van der Waals surface area contributed by atoms with Crippen molar-refractivity contribution in [2.75, 3.05) is 39.5 Å². The fourth-order valence-electron chi connectivity index (χ4n) is 0.283. The number of aliphatic hydroxyl groups is 3. The van der Waals surface area contributed by atoms with Gasteiger partial charge in [-0.3, -0.25) is 0 Å². The van der Waals surface area contributed by atoms with E-state index >= 15 is 0 Å². The lowest BCUT2D eigenvalue weighted by atomic mass is 10.6. The Morgan fingerprint density at radius 2 is 1.27 bits per heavy atom. The molecule has 70 valence electrons. The normalized spacial score (nSPS) is 8.73. The average Bonchev–Trinajstić information content (AvgIpc) is 2.06. The van der Waals surface area contributed by atoms with E-state index in [1.807, 2.05) is 0 Å². The number of nitrogens with one attached hydrogen (secondary N) is 1. The molecule has 0 atom stereocenters. The average molecular weight is 166 g/mol. The number of nitrogens with two attached hydrogens (primary N) is 1. The second-order valence-electron chi connectivity index (χ2n) is 1.71. The molecule has 0 aliphatic carbocycles. The lowest BCUT2D eigenvalue weighted by Crippen LogP contribution is -2.21. The van der Waals surface area contributed by atoms with Crippen LogP contribution in [0.25, 0.3) is 0 Å². The maximum absolute atomic E-state index is 8.15. The van der Waals surface area contributed by atoms with Crippen molar-refractivity contribution in [2.45, 2.75) is 0 Å². The summed E-state index contributed by atoms with van der Waals surface area (Å²) >= 11 is 0. The van der Waals surface area contributed by atoms with Crippen molar-refractivity contribution in [2.24, 2.45) is 5.73 Å². The molecule has 0 saturated heterocycles. The number of rotatable bonds is 5. The van der Waals surface area contributed by atoms with Crippen molar-refractivity contribution < 1.29 is 15.3 Å². The zero-order valence-electron chi connectivity index (χ0n) is 6.66. The Hall–Kier alpha value is -0.200.